The van der Waals surface area contributed by atoms with Crippen LogP contribution in [0.5, 0.6) is 0 Å². The summed E-state index contributed by atoms with van der Waals surface area (Å²) in [5.41, 5.74) is 1.36. The van der Waals surface area contributed by atoms with E-state index in [4.69, 9.17) is 9.47 Å². The van der Waals surface area contributed by atoms with Gasteiger partial charge in [-0.2, -0.15) is 0 Å². The van der Waals surface area contributed by atoms with Crippen LogP contribution in [-0.2, 0) is 14.3 Å². The fraction of sp³-hybridized carbons (Fsp3) is 0.857. The number of ether oxygens (including phenoxy) is 2. The van der Waals surface area contributed by atoms with Crippen LogP contribution in [0.3, 0.4) is 0 Å². The second-order valence-corrected chi connectivity index (χ2v) is 8.87. The molecule has 4 aliphatic rings. The molecule has 0 radical (unpaired) electrons. The molecule has 0 aromatic heterocycles. The van der Waals surface area contributed by atoms with Crippen molar-refractivity contribution in [1.82, 2.24) is 4.90 Å². The van der Waals surface area contributed by atoms with E-state index in [0.29, 0.717) is 5.92 Å². The SMILES string of the molecule is C/C1=C\CC[C@@]2(C)O[C@@H]2[C@H]2OC(=O)[C@@H](CN3CCCCCC3)[C@@H]2CC1. The fourth-order valence-corrected chi connectivity index (χ4v) is 5.14. The molecule has 3 fully saturated rings. The van der Waals surface area contributed by atoms with Gasteiger partial charge in [-0.1, -0.05) is 24.5 Å². The van der Waals surface area contributed by atoms with Crippen LogP contribution < -0.4 is 0 Å². The quantitative estimate of drug-likeness (QED) is 0.434. The Hall–Kier alpha value is -0.870. The number of hydrogen-bond donors (Lipinski definition) is 0. The van der Waals surface area contributed by atoms with Gasteiger partial charge in [0.05, 0.1) is 11.5 Å². The van der Waals surface area contributed by atoms with Crippen molar-refractivity contribution in [2.45, 2.75) is 83.0 Å². The van der Waals surface area contributed by atoms with Gasteiger partial charge in [-0.15, -0.1) is 0 Å². The summed E-state index contributed by atoms with van der Waals surface area (Å²) in [5, 5.41) is 0. The number of esters is 1. The second kappa shape index (κ2) is 7.03. The molecular weight excluding hydrogens is 314 g/mol. The van der Waals surface area contributed by atoms with Gasteiger partial charge >= 0.3 is 5.97 Å². The highest BCUT2D eigenvalue weighted by Gasteiger charge is 2.62. The molecule has 25 heavy (non-hydrogen) atoms. The summed E-state index contributed by atoms with van der Waals surface area (Å²) in [4.78, 5) is 15.2. The summed E-state index contributed by atoms with van der Waals surface area (Å²) >= 11 is 0. The van der Waals surface area contributed by atoms with Crippen LogP contribution in [-0.4, -0.2) is 48.3 Å². The molecule has 0 bridgehead atoms. The summed E-state index contributed by atoms with van der Waals surface area (Å²) in [6.45, 7) is 7.57. The summed E-state index contributed by atoms with van der Waals surface area (Å²) in [6, 6.07) is 0. The zero-order chi connectivity index (χ0) is 17.4. The van der Waals surface area contributed by atoms with Crippen LogP contribution in [0.2, 0.25) is 0 Å². The number of carbonyl (C=O) groups is 1. The molecule has 3 saturated heterocycles. The molecule has 4 rings (SSSR count). The van der Waals surface area contributed by atoms with Gasteiger partial charge in [-0.3, -0.25) is 4.79 Å². The zero-order valence-corrected chi connectivity index (χ0v) is 15.8. The normalized spacial score (nSPS) is 44.7. The molecule has 0 amide bonds. The minimum absolute atomic E-state index is 0.0259. The highest BCUT2D eigenvalue weighted by atomic mass is 16.6. The first kappa shape index (κ1) is 17.5. The summed E-state index contributed by atoms with van der Waals surface area (Å²) in [5.74, 6) is 0.366. The Morgan fingerprint density at radius 3 is 2.76 bits per heavy atom. The molecule has 4 nitrogen and oxygen atoms in total. The number of fused-ring (bicyclic) bond motifs is 3. The average Bonchev–Trinajstić information content (AvgIpc) is 3.23. The molecule has 0 aromatic carbocycles. The second-order valence-electron chi connectivity index (χ2n) is 8.87. The lowest BCUT2D eigenvalue weighted by atomic mass is 9.80. The highest BCUT2D eigenvalue weighted by molar-refractivity contribution is 5.75. The molecule has 3 aliphatic heterocycles. The fourth-order valence-electron chi connectivity index (χ4n) is 5.14. The predicted molar refractivity (Wildman–Crippen MR) is 97.3 cm³/mol. The van der Waals surface area contributed by atoms with E-state index in [1.54, 1.807) is 0 Å². The van der Waals surface area contributed by atoms with Crippen molar-refractivity contribution >= 4 is 5.97 Å². The van der Waals surface area contributed by atoms with Crippen molar-refractivity contribution in [1.29, 1.82) is 0 Å². The third-order valence-electron chi connectivity index (χ3n) is 6.89. The van der Waals surface area contributed by atoms with Crippen LogP contribution in [0.25, 0.3) is 0 Å². The first-order chi connectivity index (χ1) is 12.1. The molecular formula is C21H33NO3. The smallest absolute Gasteiger partial charge is 0.311 e. The average molecular weight is 347 g/mol. The number of hydrogen-bond acceptors (Lipinski definition) is 4. The van der Waals surface area contributed by atoms with E-state index >= 15 is 0 Å². The van der Waals surface area contributed by atoms with Gasteiger partial charge in [0.15, 0.2) is 0 Å². The van der Waals surface area contributed by atoms with Crippen molar-refractivity contribution < 1.29 is 14.3 Å². The number of nitrogens with zero attached hydrogens (tertiary/aromatic N) is 1. The molecule has 0 aromatic rings. The van der Waals surface area contributed by atoms with Crippen molar-refractivity contribution in [3.63, 3.8) is 0 Å². The number of likely N-dealkylation sites (tertiary alicyclic amines) is 1. The summed E-state index contributed by atoms with van der Waals surface area (Å²) in [7, 11) is 0. The summed E-state index contributed by atoms with van der Waals surface area (Å²) in [6.07, 6.45) is 11.9. The maximum absolute atomic E-state index is 12.7. The van der Waals surface area contributed by atoms with E-state index in [0.717, 1.165) is 45.3 Å². The molecule has 140 valence electrons. The largest absolute Gasteiger partial charge is 0.459 e. The predicted octanol–water partition coefficient (Wildman–Crippen LogP) is 3.70. The van der Waals surface area contributed by atoms with Gasteiger partial charge in [0.1, 0.15) is 12.2 Å². The van der Waals surface area contributed by atoms with Crippen molar-refractivity contribution in [3.05, 3.63) is 11.6 Å². The zero-order valence-electron chi connectivity index (χ0n) is 15.8. The van der Waals surface area contributed by atoms with Crippen molar-refractivity contribution in [3.8, 4) is 0 Å². The van der Waals surface area contributed by atoms with E-state index in [9.17, 15) is 4.79 Å². The topological polar surface area (TPSA) is 42.1 Å². The Kier molecular flexibility index (Phi) is 4.93. The third-order valence-corrected chi connectivity index (χ3v) is 6.89. The van der Waals surface area contributed by atoms with Gasteiger partial charge in [-0.05, 0) is 65.5 Å². The van der Waals surface area contributed by atoms with E-state index in [2.05, 4.69) is 24.8 Å². The molecule has 3 heterocycles. The molecule has 5 atom stereocenters. The third kappa shape index (κ3) is 3.66. The molecule has 1 aliphatic carbocycles. The van der Waals surface area contributed by atoms with Gasteiger partial charge in [-0.25, -0.2) is 0 Å². The molecule has 0 unspecified atom stereocenters. The van der Waals surface area contributed by atoms with Gasteiger partial charge in [0.2, 0.25) is 0 Å². The van der Waals surface area contributed by atoms with E-state index in [1.165, 1.54) is 31.3 Å². The van der Waals surface area contributed by atoms with E-state index < -0.39 is 0 Å². The Bertz CT molecular complexity index is 537. The lowest BCUT2D eigenvalue weighted by molar-refractivity contribution is -0.145. The minimum atomic E-state index is -0.0885. The Morgan fingerprint density at radius 1 is 1.24 bits per heavy atom. The number of rotatable bonds is 2. The molecule has 0 saturated carbocycles. The molecule has 4 heteroatoms. The van der Waals surface area contributed by atoms with Gasteiger partial charge < -0.3 is 14.4 Å². The number of epoxide rings is 1. The minimum Gasteiger partial charge on any atom is -0.459 e. The number of allylic oxidation sites excluding steroid dienone is 2. The lowest BCUT2D eigenvalue weighted by Crippen LogP contribution is -2.37. The Morgan fingerprint density at radius 2 is 2.00 bits per heavy atom. The van der Waals surface area contributed by atoms with Gasteiger partial charge in [0.25, 0.3) is 0 Å². The molecule has 0 spiro atoms. The lowest BCUT2D eigenvalue weighted by Gasteiger charge is -2.27. The van der Waals surface area contributed by atoms with Crippen LogP contribution in [0.15, 0.2) is 11.6 Å². The Balaban J connectivity index is 1.51. The van der Waals surface area contributed by atoms with Gasteiger partial charge in [0, 0.05) is 12.5 Å². The number of carbonyl (C=O) groups excluding carboxylic acids is 1. The van der Waals surface area contributed by atoms with Crippen LogP contribution in [0.1, 0.15) is 65.2 Å². The molecule has 0 N–H and O–H groups in total. The maximum atomic E-state index is 12.7. The standard InChI is InChI=1S/C21H33NO3/c1-15-8-7-11-21(2)19(25-21)18-16(10-9-15)17(20(23)24-18)14-22-12-5-3-4-6-13-22/h8,16-19H,3-7,9-14H2,1-2H3/b15-8+/t16-,17-,18-,19+,21+/m0/s1. The summed E-state index contributed by atoms with van der Waals surface area (Å²) < 4.78 is 12.0. The van der Waals surface area contributed by atoms with Crippen molar-refractivity contribution in [2.75, 3.05) is 19.6 Å². The Labute approximate surface area is 151 Å². The van der Waals surface area contributed by atoms with Crippen LogP contribution in [0, 0.1) is 11.8 Å². The first-order valence-corrected chi connectivity index (χ1v) is 10.3. The highest BCUT2D eigenvalue weighted by Crippen LogP contribution is 2.50. The van der Waals surface area contributed by atoms with Crippen molar-refractivity contribution in [2.24, 2.45) is 11.8 Å². The van der Waals surface area contributed by atoms with E-state index in [-0.39, 0.29) is 29.7 Å². The first-order valence-electron chi connectivity index (χ1n) is 10.3. The van der Waals surface area contributed by atoms with Crippen LogP contribution >= 0.6 is 0 Å². The maximum Gasteiger partial charge on any atom is 0.311 e. The monoisotopic (exact) mass is 347 g/mol. The van der Waals surface area contributed by atoms with E-state index in [1.807, 2.05) is 0 Å². The van der Waals surface area contributed by atoms with Crippen LogP contribution in [0.4, 0.5) is 0 Å².